The molecule has 1 aliphatic carbocycles. The van der Waals surface area contributed by atoms with Gasteiger partial charge in [0.05, 0.1) is 33.8 Å². The first-order valence-corrected chi connectivity index (χ1v) is 6.83. The minimum atomic E-state index is -0.666. The first-order chi connectivity index (χ1) is 10.4. The van der Waals surface area contributed by atoms with Gasteiger partial charge >= 0.3 is 0 Å². The molecule has 2 aromatic carbocycles. The van der Waals surface area contributed by atoms with E-state index in [0.29, 0.717) is 5.75 Å². The number of aromatic hydroxyl groups is 2. The normalized spacial score (nSPS) is 12.9. The van der Waals surface area contributed by atoms with Crippen LogP contribution in [0.2, 0.25) is 10.0 Å². The van der Waals surface area contributed by atoms with Crippen LogP contribution in [0.4, 0.5) is 0 Å². The molecular formula is C15H8Cl2O5. The molecule has 0 spiro atoms. The molecule has 0 radical (unpaired) electrons. The Morgan fingerprint density at radius 1 is 0.909 bits per heavy atom. The maximum atomic E-state index is 12.6. The molecule has 2 N–H and O–H groups in total. The first kappa shape index (κ1) is 14.7. The molecule has 0 heterocycles. The van der Waals surface area contributed by atoms with Crippen LogP contribution >= 0.6 is 23.2 Å². The number of carbonyl (C=O) groups is 2. The van der Waals surface area contributed by atoms with E-state index < -0.39 is 23.1 Å². The highest BCUT2D eigenvalue weighted by Crippen LogP contribution is 2.44. The van der Waals surface area contributed by atoms with Gasteiger partial charge in [-0.05, 0) is 12.1 Å². The van der Waals surface area contributed by atoms with Crippen LogP contribution in [0, 0.1) is 0 Å². The van der Waals surface area contributed by atoms with E-state index in [1.165, 1.54) is 19.2 Å². The number of carbonyl (C=O) groups excluding carboxylic acids is 2. The standard InChI is InChI=1S/C15H8Cl2O5/c1-22-5-2-6-10(7(16)3-5)15(21)11-9(18)4-8(17)14(20)12(11)13(6)19/h2-4,18,20H,1H3. The van der Waals surface area contributed by atoms with Crippen molar-refractivity contribution < 1.29 is 24.5 Å². The highest BCUT2D eigenvalue weighted by Gasteiger charge is 2.37. The van der Waals surface area contributed by atoms with E-state index in [1.54, 1.807) is 0 Å². The van der Waals surface area contributed by atoms with Crippen molar-refractivity contribution in [3.63, 3.8) is 0 Å². The predicted molar refractivity (Wildman–Crippen MR) is 79.7 cm³/mol. The zero-order valence-electron chi connectivity index (χ0n) is 11.1. The Kier molecular flexibility index (Phi) is 3.27. The molecule has 3 rings (SSSR count). The molecular weight excluding hydrogens is 331 g/mol. The van der Waals surface area contributed by atoms with Gasteiger partial charge in [-0.25, -0.2) is 0 Å². The second kappa shape index (κ2) is 4.90. The van der Waals surface area contributed by atoms with Crippen LogP contribution in [0.25, 0.3) is 0 Å². The Morgan fingerprint density at radius 2 is 1.59 bits per heavy atom. The lowest BCUT2D eigenvalue weighted by atomic mass is 9.83. The zero-order chi connectivity index (χ0) is 16.2. The summed E-state index contributed by atoms with van der Waals surface area (Å²) in [5.41, 5.74) is -0.714. The van der Waals surface area contributed by atoms with Crippen LogP contribution in [-0.4, -0.2) is 28.9 Å². The number of ketones is 2. The molecule has 0 atom stereocenters. The maximum absolute atomic E-state index is 12.6. The molecule has 0 bridgehead atoms. The molecule has 0 amide bonds. The van der Waals surface area contributed by atoms with Crippen molar-refractivity contribution in [3.05, 3.63) is 50.5 Å². The minimum absolute atomic E-state index is 0.0150. The van der Waals surface area contributed by atoms with Gasteiger partial charge < -0.3 is 14.9 Å². The molecule has 0 aliphatic heterocycles. The molecule has 0 unspecified atom stereocenters. The van der Waals surface area contributed by atoms with E-state index in [-0.39, 0.29) is 32.3 Å². The Hall–Kier alpha value is -2.24. The SMILES string of the molecule is COc1cc(Cl)c2c(c1)C(=O)c1c(O)c(Cl)cc(O)c1C2=O. The quantitative estimate of drug-likeness (QED) is 0.665. The molecule has 2 aromatic rings. The van der Waals surface area contributed by atoms with Crippen molar-refractivity contribution in [1.29, 1.82) is 0 Å². The summed E-state index contributed by atoms with van der Waals surface area (Å²) in [5.74, 6) is -2.09. The summed E-state index contributed by atoms with van der Waals surface area (Å²) in [6.07, 6.45) is 0. The maximum Gasteiger partial charge on any atom is 0.199 e. The van der Waals surface area contributed by atoms with Crippen LogP contribution in [0.1, 0.15) is 31.8 Å². The number of ether oxygens (including phenoxy) is 1. The monoisotopic (exact) mass is 338 g/mol. The van der Waals surface area contributed by atoms with Crippen molar-refractivity contribution in [1.82, 2.24) is 0 Å². The zero-order valence-corrected chi connectivity index (χ0v) is 12.6. The summed E-state index contributed by atoms with van der Waals surface area (Å²) < 4.78 is 5.02. The molecule has 5 nitrogen and oxygen atoms in total. The van der Waals surface area contributed by atoms with E-state index in [0.717, 1.165) is 6.07 Å². The summed E-state index contributed by atoms with van der Waals surface area (Å²) in [6, 6.07) is 3.74. The lowest BCUT2D eigenvalue weighted by Gasteiger charge is -2.21. The second-order valence-corrected chi connectivity index (χ2v) is 5.48. The third kappa shape index (κ3) is 1.86. The molecule has 0 fully saturated rings. The topological polar surface area (TPSA) is 83.8 Å². The van der Waals surface area contributed by atoms with E-state index >= 15 is 0 Å². The third-order valence-corrected chi connectivity index (χ3v) is 4.04. The predicted octanol–water partition coefficient (Wildman–Crippen LogP) is 3.19. The van der Waals surface area contributed by atoms with Crippen LogP contribution in [0.3, 0.4) is 0 Å². The van der Waals surface area contributed by atoms with E-state index in [2.05, 4.69) is 0 Å². The van der Waals surface area contributed by atoms with Crippen LogP contribution in [0.15, 0.2) is 18.2 Å². The number of phenolic OH excluding ortho intramolecular Hbond substituents is 2. The number of halogens is 2. The van der Waals surface area contributed by atoms with Gasteiger partial charge in [0, 0.05) is 11.6 Å². The van der Waals surface area contributed by atoms with Gasteiger partial charge in [-0.1, -0.05) is 23.2 Å². The Balaban J connectivity index is 2.40. The number of rotatable bonds is 1. The number of methoxy groups -OCH3 is 1. The van der Waals surface area contributed by atoms with Gasteiger partial charge in [-0.3, -0.25) is 9.59 Å². The first-order valence-electron chi connectivity index (χ1n) is 6.08. The van der Waals surface area contributed by atoms with Crippen LogP contribution < -0.4 is 4.74 Å². The summed E-state index contributed by atoms with van der Waals surface area (Å²) in [5, 5.41) is 19.7. The fraction of sp³-hybridized carbons (Fsp3) is 0.0667. The average molecular weight is 339 g/mol. The number of phenols is 2. The summed E-state index contributed by atoms with van der Waals surface area (Å²) in [4.78, 5) is 25.2. The largest absolute Gasteiger partial charge is 0.507 e. The number of hydrogen-bond donors (Lipinski definition) is 2. The van der Waals surface area contributed by atoms with Gasteiger partial charge in [0.25, 0.3) is 0 Å². The van der Waals surface area contributed by atoms with Gasteiger partial charge in [0.2, 0.25) is 0 Å². The van der Waals surface area contributed by atoms with Crippen molar-refractivity contribution >= 4 is 34.8 Å². The van der Waals surface area contributed by atoms with Crippen molar-refractivity contribution in [2.45, 2.75) is 0 Å². The van der Waals surface area contributed by atoms with Crippen molar-refractivity contribution in [2.75, 3.05) is 7.11 Å². The summed E-state index contributed by atoms with van der Waals surface area (Å²) in [7, 11) is 1.39. The molecule has 22 heavy (non-hydrogen) atoms. The van der Waals surface area contributed by atoms with E-state index in [9.17, 15) is 19.8 Å². The Morgan fingerprint density at radius 3 is 2.23 bits per heavy atom. The lowest BCUT2D eigenvalue weighted by molar-refractivity contribution is 0.0974. The lowest BCUT2D eigenvalue weighted by Crippen LogP contribution is -2.22. The van der Waals surface area contributed by atoms with Crippen LogP contribution in [0.5, 0.6) is 17.2 Å². The summed E-state index contributed by atoms with van der Waals surface area (Å²) in [6.45, 7) is 0. The Bertz CT molecular complexity index is 858. The van der Waals surface area contributed by atoms with E-state index in [4.69, 9.17) is 27.9 Å². The third-order valence-electron chi connectivity index (χ3n) is 3.46. The molecule has 0 aromatic heterocycles. The number of benzene rings is 2. The highest BCUT2D eigenvalue weighted by molar-refractivity contribution is 6.41. The van der Waals surface area contributed by atoms with Crippen molar-refractivity contribution in [3.8, 4) is 17.2 Å². The van der Waals surface area contributed by atoms with Gasteiger partial charge in [0.15, 0.2) is 11.6 Å². The highest BCUT2D eigenvalue weighted by atomic mass is 35.5. The summed E-state index contributed by atoms with van der Waals surface area (Å²) >= 11 is 11.8. The van der Waals surface area contributed by atoms with E-state index in [1.807, 2.05) is 0 Å². The molecule has 0 saturated carbocycles. The number of fused-ring (bicyclic) bond motifs is 2. The Labute approximate surface area is 134 Å². The van der Waals surface area contributed by atoms with Gasteiger partial charge in [-0.2, -0.15) is 0 Å². The average Bonchev–Trinajstić information content (AvgIpc) is 2.47. The minimum Gasteiger partial charge on any atom is -0.507 e. The molecule has 112 valence electrons. The molecule has 0 saturated heterocycles. The smallest absolute Gasteiger partial charge is 0.199 e. The number of hydrogen-bond acceptors (Lipinski definition) is 5. The van der Waals surface area contributed by atoms with Gasteiger partial charge in [0.1, 0.15) is 17.2 Å². The van der Waals surface area contributed by atoms with Crippen molar-refractivity contribution in [2.24, 2.45) is 0 Å². The fourth-order valence-electron chi connectivity index (χ4n) is 2.45. The molecule has 7 heteroatoms. The fourth-order valence-corrected chi connectivity index (χ4v) is 2.94. The van der Waals surface area contributed by atoms with Gasteiger partial charge in [-0.15, -0.1) is 0 Å². The molecule has 1 aliphatic rings. The van der Waals surface area contributed by atoms with Crippen LogP contribution in [-0.2, 0) is 0 Å². The second-order valence-electron chi connectivity index (χ2n) is 4.67.